The summed E-state index contributed by atoms with van der Waals surface area (Å²) in [5, 5.41) is 10.8. The Morgan fingerprint density at radius 3 is 2.30 bits per heavy atom. The van der Waals surface area contributed by atoms with Crippen LogP contribution < -0.4 is 0 Å². The standard InChI is InChI=1S/C7H15NO2/c1-7(2,3)8-5-4-6(9)10-8/h6,9H,4-5H2,1-3H3/t6-/m0/s1. The van der Waals surface area contributed by atoms with Crippen molar-refractivity contribution in [3.63, 3.8) is 0 Å². The maximum Gasteiger partial charge on any atom is 0.176 e. The Morgan fingerprint density at radius 1 is 1.50 bits per heavy atom. The molecule has 3 heteroatoms. The molecule has 1 aliphatic rings. The molecule has 0 bridgehead atoms. The van der Waals surface area contributed by atoms with Crippen LogP contribution in [0.25, 0.3) is 0 Å². The highest BCUT2D eigenvalue weighted by molar-refractivity contribution is 4.73. The van der Waals surface area contributed by atoms with E-state index in [4.69, 9.17) is 9.94 Å². The Labute approximate surface area is 61.5 Å². The van der Waals surface area contributed by atoms with Crippen molar-refractivity contribution in [1.82, 2.24) is 5.06 Å². The first kappa shape index (κ1) is 7.98. The Morgan fingerprint density at radius 2 is 2.10 bits per heavy atom. The van der Waals surface area contributed by atoms with Crippen molar-refractivity contribution in [2.75, 3.05) is 6.54 Å². The van der Waals surface area contributed by atoms with Gasteiger partial charge in [0.1, 0.15) is 0 Å². The van der Waals surface area contributed by atoms with Crippen LogP contribution >= 0.6 is 0 Å². The molecule has 1 atom stereocenters. The second-order valence-electron chi connectivity index (χ2n) is 3.62. The zero-order valence-corrected chi connectivity index (χ0v) is 6.79. The van der Waals surface area contributed by atoms with Crippen LogP contribution in [0.1, 0.15) is 27.2 Å². The number of aliphatic hydroxyl groups excluding tert-OH is 1. The van der Waals surface area contributed by atoms with Gasteiger partial charge in [-0.1, -0.05) is 0 Å². The maximum absolute atomic E-state index is 9.00. The summed E-state index contributed by atoms with van der Waals surface area (Å²) in [6.45, 7) is 7.01. The third kappa shape index (κ3) is 1.68. The minimum absolute atomic E-state index is 0.0114. The molecule has 0 aromatic rings. The minimum atomic E-state index is -0.584. The summed E-state index contributed by atoms with van der Waals surface area (Å²) in [6.07, 6.45) is 0.135. The normalized spacial score (nSPS) is 29.4. The molecule has 0 unspecified atom stereocenters. The molecule has 10 heavy (non-hydrogen) atoms. The van der Waals surface area contributed by atoms with E-state index in [9.17, 15) is 0 Å². The third-order valence-corrected chi connectivity index (χ3v) is 1.58. The Hall–Kier alpha value is -0.120. The van der Waals surface area contributed by atoms with Gasteiger partial charge in [-0.25, -0.2) is 0 Å². The first-order valence-corrected chi connectivity index (χ1v) is 3.62. The number of nitrogens with zero attached hydrogens (tertiary/aromatic N) is 1. The molecule has 0 amide bonds. The summed E-state index contributed by atoms with van der Waals surface area (Å²) in [7, 11) is 0. The number of hydrogen-bond acceptors (Lipinski definition) is 3. The summed E-state index contributed by atoms with van der Waals surface area (Å²) in [5.41, 5.74) is 0.0114. The van der Waals surface area contributed by atoms with E-state index in [1.165, 1.54) is 0 Å². The molecule has 3 nitrogen and oxygen atoms in total. The van der Waals surface area contributed by atoms with Crippen molar-refractivity contribution >= 4 is 0 Å². The van der Waals surface area contributed by atoms with E-state index < -0.39 is 6.29 Å². The highest BCUT2D eigenvalue weighted by Crippen LogP contribution is 2.21. The molecule has 0 saturated carbocycles. The third-order valence-electron chi connectivity index (χ3n) is 1.58. The highest BCUT2D eigenvalue weighted by Gasteiger charge is 2.30. The summed E-state index contributed by atoms with van der Waals surface area (Å²) < 4.78 is 0. The summed E-state index contributed by atoms with van der Waals surface area (Å²) in [6, 6.07) is 0. The van der Waals surface area contributed by atoms with Crippen molar-refractivity contribution in [2.24, 2.45) is 0 Å². The number of hydrogen-bond donors (Lipinski definition) is 1. The van der Waals surface area contributed by atoms with Crippen LogP contribution in [0.5, 0.6) is 0 Å². The minimum Gasteiger partial charge on any atom is -0.366 e. The predicted molar refractivity (Wildman–Crippen MR) is 38.2 cm³/mol. The topological polar surface area (TPSA) is 32.7 Å². The fourth-order valence-corrected chi connectivity index (χ4v) is 0.974. The maximum atomic E-state index is 9.00. The number of hydroxylamine groups is 2. The highest BCUT2D eigenvalue weighted by atomic mass is 16.8. The molecule has 0 spiro atoms. The van der Waals surface area contributed by atoms with Gasteiger partial charge in [0.2, 0.25) is 0 Å². The molecule has 0 aromatic carbocycles. The van der Waals surface area contributed by atoms with Gasteiger partial charge in [-0.05, 0) is 20.8 Å². The van der Waals surface area contributed by atoms with Crippen LogP contribution in [0.4, 0.5) is 0 Å². The van der Waals surface area contributed by atoms with Gasteiger partial charge in [0.15, 0.2) is 6.29 Å². The van der Waals surface area contributed by atoms with E-state index in [2.05, 4.69) is 20.8 Å². The summed E-state index contributed by atoms with van der Waals surface area (Å²) in [4.78, 5) is 5.11. The smallest absolute Gasteiger partial charge is 0.176 e. The molecule has 1 fully saturated rings. The monoisotopic (exact) mass is 145 g/mol. The van der Waals surface area contributed by atoms with Gasteiger partial charge in [-0.15, -0.1) is 0 Å². The number of aliphatic hydroxyl groups is 1. The molecular weight excluding hydrogens is 130 g/mol. The zero-order valence-electron chi connectivity index (χ0n) is 6.79. The molecule has 0 aliphatic carbocycles. The van der Waals surface area contributed by atoms with E-state index in [0.717, 1.165) is 13.0 Å². The van der Waals surface area contributed by atoms with Crippen molar-refractivity contribution in [1.29, 1.82) is 0 Å². The first-order valence-electron chi connectivity index (χ1n) is 3.62. The molecule has 0 radical (unpaired) electrons. The molecule has 60 valence electrons. The Balaban J connectivity index is 2.45. The second kappa shape index (κ2) is 2.49. The molecular formula is C7H15NO2. The lowest BCUT2D eigenvalue weighted by Crippen LogP contribution is -2.38. The Kier molecular flexibility index (Phi) is 1.99. The first-order chi connectivity index (χ1) is 4.50. The van der Waals surface area contributed by atoms with Crippen LogP contribution in [-0.2, 0) is 4.84 Å². The van der Waals surface area contributed by atoms with Gasteiger partial charge in [0.25, 0.3) is 0 Å². The van der Waals surface area contributed by atoms with Gasteiger partial charge in [-0.3, -0.25) is 4.84 Å². The lowest BCUT2D eigenvalue weighted by atomic mass is 10.1. The SMILES string of the molecule is CC(C)(C)N1CC[C@@H](O)O1. The van der Waals surface area contributed by atoms with E-state index in [1.54, 1.807) is 0 Å². The van der Waals surface area contributed by atoms with Gasteiger partial charge in [0, 0.05) is 18.5 Å². The summed E-state index contributed by atoms with van der Waals surface area (Å²) in [5.74, 6) is 0. The molecule has 0 aromatic heterocycles. The molecule has 1 aliphatic heterocycles. The summed E-state index contributed by atoms with van der Waals surface area (Å²) >= 11 is 0. The van der Waals surface area contributed by atoms with Crippen molar-refractivity contribution in [3.8, 4) is 0 Å². The van der Waals surface area contributed by atoms with Crippen LogP contribution in [-0.4, -0.2) is 28.5 Å². The molecule has 1 N–H and O–H groups in total. The fourth-order valence-electron chi connectivity index (χ4n) is 0.974. The molecule has 1 saturated heterocycles. The fraction of sp³-hybridized carbons (Fsp3) is 1.00. The van der Waals surface area contributed by atoms with Crippen molar-refractivity contribution in [2.45, 2.75) is 39.0 Å². The lowest BCUT2D eigenvalue weighted by Gasteiger charge is -2.29. The van der Waals surface area contributed by atoms with Crippen LogP contribution in [0.3, 0.4) is 0 Å². The zero-order chi connectivity index (χ0) is 7.78. The second-order valence-corrected chi connectivity index (χ2v) is 3.62. The molecule has 1 rings (SSSR count). The van der Waals surface area contributed by atoms with Crippen LogP contribution in [0, 0.1) is 0 Å². The molecule has 1 heterocycles. The number of rotatable bonds is 0. The van der Waals surface area contributed by atoms with Crippen molar-refractivity contribution < 1.29 is 9.94 Å². The van der Waals surface area contributed by atoms with Crippen LogP contribution in [0.15, 0.2) is 0 Å². The largest absolute Gasteiger partial charge is 0.366 e. The van der Waals surface area contributed by atoms with E-state index in [1.807, 2.05) is 5.06 Å². The average molecular weight is 145 g/mol. The predicted octanol–water partition coefficient (Wildman–Crippen LogP) is 0.741. The van der Waals surface area contributed by atoms with Gasteiger partial charge < -0.3 is 5.11 Å². The van der Waals surface area contributed by atoms with E-state index in [-0.39, 0.29) is 5.54 Å². The van der Waals surface area contributed by atoms with E-state index >= 15 is 0 Å². The van der Waals surface area contributed by atoms with Gasteiger partial charge in [0.05, 0.1) is 0 Å². The average Bonchev–Trinajstić information content (AvgIpc) is 2.11. The quantitative estimate of drug-likeness (QED) is 0.545. The Bertz CT molecular complexity index is 119. The van der Waals surface area contributed by atoms with Crippen molar-refractivity contribution in [3.05, 3.63) is 0 Å². The van der Waals surface area contributed by atoms with E-state index in [0.29, 0.717) is 0 Å². The van der Waals surface area contributed by atoms with Gasteiger partial charge in [-0.2, -0.15) is 5.06 Å². The van der Waals surface area contributed by atoms with Crippen LogP contribution in [0.2, 0.25) is 0 Å². The lowest BCUT2D eigenvalue weighted by molar-refractivity contribution is -0.246. The van der Waals surface area contributed by atoms with Gasteiger partial charge >= 0.3 is 0 Å².